The molecule has 100 valence electrons. The molecule has 0 unspecified atom stereocenters. The summed E-state index contributed by atoms with van der Waals surface area (Å²) in [6.45, 7) is 4.52. The molecule has 0 bridgehead atoms. The van der Waals surface area contributed by atoms with E-state index in [0.29, 0.717) is 17.9 Å². The fourth-order valence-corrected chi connectivity index (χ4v) is 3.76. The van der Waals surface area contributed by atoms with Gasteiger partial charge in [0.05, 0.1) is 11.7 Å². The van der Waals surface area contributed by atoms with Gasteiger partial charge in [0.1, 0.15) is 6.29 Å². The van der Waals surface area contributed by atoms with Gasteiger partial charge in [-0.3, -0.25) is 4.79 Å². The summed E-state index contributed by atoms with van der Waals surface area (Å²) in [5.41, 5.74) is 0.913. The molecular weight excluding hydrogens is 228 g/mol. The van der Waals surface area contributed by atoms with Crippen LogP contribution < -0.4 is 0 Å². The Hall–Kier alpha value is -0.670. The van der Waals surface area contributed by atoms with Crippen LogP contribution in [0.4, 0.5) is 0 Å². The van der Waals surface area contributed by atoms with E-state index >= 15 is 0 Å². The van der Waals surface area contributed by atoms with Crippen molar-refractivity contribution in [2.45, 2.75) is 51.2 Å². The molecule has 0 aromatic carbocycles. The lowest BCUT2D eigenvalue weighted by Crippen LogP contribution is -2.12. The van der Waals surface area contributed by atoms with Gasteiger partial charge in [-0.1, -0.05) is 13.0 Å². The number of carbonyl (C=O) groups is 1. The Morgan fingerprint density at radius 2 is 2.28 bits per heavy atom. The van der Waals surface area contributed by atoms with E-state index in [-0.39, 0.29) is 17.6 Å². The molecule has 2 aliphatic carbocycles. The fraction of sp³-hybridized carbons (Fsp3) is 0.800. The SMILES string of the molecule is C[C@]1(CO)[C@@H]2CC[C@@]3(C)O[C@@H]3CC/C(C=O)=C\[C@@H]21. The molecule has 1 saturated heterocycles. The predicted octanol–water partition coefficient (Wildman–Crippen LogP) is 2.09. The van der Waals surface area contributed by atoms with Gasteiger partial charge in [0.25, 0.3) is 0 Å². The van der Waals surface area contributed by atoms with E-state index in [1.807, 2.05) is 0 Å². The van der Waals surface area contributed by atoms with E-state index in [0.717, 1.165) is 37.5 Å². The van der Waals surface area contributed by atoms with Gasteiger partial charge in [-0.15, -0.1) is 0 Å². The zero-order valence-corrected chi connectivity index (χ0v) is 11.2. The molecule has 3 rings (SSSR count). The highest BCUT2D eigenvalue weighted by atomic mass is 16.6. The van der Waals surface area contributed by atoms with Crippen LogP contribution in [-0.4, -0.2) is 29.7 Å². The Balaban J connectivity index is 1.82. The second kappa shape index (κ2) is 3.91. The Bertz CT molecular complexity index is 403. The summed E-state index contributed by atoms with van der Waals surface area (Å²) in [5, 5.41) is 9.57. The van der Waals surface area contributed by atoms with Crippen LogP contribution in [0.2, 0.25) is 0 Å². The minimum absolute atomic E-state index is 0.0145. The third kappa shape index (κ3) is 1.76. The number of aliphatic hydroxyl groups excluding tert-OH is 1. The summed E-state index contributed by atoms with van der Waals surface area (Å²) in [4.78, 5) is 11.1. The molecule has 0 spiro atoms. The summed E-state index contributed by atoms with van der Waals surface area (Å²) >= 11 is 0. The average molecular weight is 250 g/mol. The molecule has 3 aliphatic rings. The van der Waals surface area contributed by atoms with Crippen LogP contribution in [-0.2, 0) is 9.53 Å². The molecule has 0 radical (unpaired) electrons. The first-order valence-electron chi connectivity index (χ1n) is 6.98. The Kier molecular flexibility index (Phi) is 2.69. The normalized spacial score (nSPS) is 53.5. The summed E-state index contributed by atoms with van der Waals surface area (Å²) in [6, 6.07) is 0. The van der Waals surface area contributed by atoms with E-state index in [1.54, 1.807) is 0 Å². The maximum absolute atomic E-state index is 11.1. The Morgan fingerprint density at radius 1 is 1.50 bits per heavy atom. The topological polar surface area (TPSA) is 49.8 Å². The predicted molar refractivity (Wildman–Crippen MR) is 68.1 cm³/mol. The Morgan fingerprint density at radius 3 is 2.94 bits per heavy atom. The first-order valence-corrected chi connectivity index (χ1v) is 6.98. The van der Waals surface area contributed by atoms with Crippen molar-refractivity contribution in [1.29, 1.82) is 0 Å². The van der Waals surface area contributed by atoms with Crippen molar-refractivity contribution in [1.82, 2.24) is 0 Å². The van der Waals surface area contributed by atoms with Crippen LogP contribution in [0.3, 0.4) is 0 Å². The van der Waals surface area contributed by atoms with Gasteiger partial charge in [0.15, 0.2) is 0 Å². The lowest BCUT2D eigenvalue weighted by Gasteiger charge is -2.09. The Labute approximate surface area is 108 Å². The number of rotatable bonds is 2. The number of hydrogen-bond donors (Lipinski definition) is 1. The number of hydrogen-bond acceptors (Lipinski definition) is 3. The van der Waals surface area contributed by atoms with Crippen molar-refractivity contribution in [3.8, 4) is 0 Å². The van der Waals surface area contributed by atoms with Crippen LogP contribution in [0.25, 0.3) is 0 Å². The number of aliphatic hydroxyl groups is 1. The molecule has 0 aromatic rings. The molecular formula is C15H22O3. The molecule has 0 aromatic heterocycles. The second-order valence-electron chi connectivity index (χ2n) is 6.65. The van der Waals surface area contributed by atoms with E-state index in [4.69, 9.17) is 4.74 Å². The van der Waals surface area contributed by atoms with Crippen molar-refractivity contribution in [3.05, 3.63) is 11.6 Å². The summed E-state index contributed by atoms with van der Waals surface area (Å²) in [6.07, 6.45) is 7.36. The molecule has 1 N–H and O–H groups in total. The summed E-state index contributed by atoms with van der Waals surface area (Å²) in [5.74, 6) is 0.888. The standard InChI is InChI=1S/C15H22O3/c1-14(9-17)11-5-6-15(2)13(18-15)4-3-10(8-16)7-12(11)14/h7-8,11-13,17H,3-6,9H2,1-2H3/b10-7+/t11-,12+,13-,14+,15-/m1/s1. The number of ether oxygens (including phenoxy) is 1. The highest BCUT2D eigenvalue weighted by molar-refractivity contribution is 5.73. The fourth-order valence-electron chi connectivity index (χ4n) is 3.76. The van der Waals surface area contributed by atoms with Crippen molar-refractivity contribution in [3.63, 3.8) is 0 Å². The van der Waals surface area contributed by atoms with Crippen LogP contribution in [0.1, 0.15) is 39.5 Å². The van der Waals surface area contributed by atoms with E-state index in [2.05, 4.69) is 19.9 Å². The number of allylic oxidation sites excluding steroid dienone is 2. The third-order valence-electron chi connectivity index (χ3n) is 5.50. The van der Waals surface area contributed by atoms with Crippen molar-refractivity contribution in [2.24, 2.45) is 17.3 Å². The van der Waals surface area contributed by atoms with Crippen molar-refractivity contribution < 1.29 is 14.6 Å². The molecule has 18 heavy (non-hydrogen) atoms. The minimum Gasteiger partial charge on any atom is -0.396 e. The highest BCUT2D eigenvalue weighted by Gasteiger charge is 2.61. The molecule has 5 atom stereocenters. The van der Waals surface area contributed by atoms with Crippen molar-refractivity contribution in [2.75, 3.05) is 6.61 Å². The van der Waals surface area contributed by atoms with Crippen LogP contribution in [0.15, 0.2) is 11.6 Å². The first-order chi connectivity index (χ1) is 8.53. The van der Waals surface area contributed by atoms with Crippen LogP contribution >= 0.6 is 0 Å². The van der Waals surface area contributed by atoms with E-state index in [1.165, 1.54) is 0 Å². The van der Waals surface area contributed by atoms with E-state index in [9.17, 15) is 9.90 Å². The average Bonchev–Trinajstić information content (AvgIpc) is 3.19. The van der Waals surface area contributed by atoms with Crippen LogP contribution in [0.5, 0.6) is 0 Å². The molecule has 1 saturated carbocycles. The van der Waals surface area contributed by atoms with Gasteiger partial charge in [-0.2, -0.15) is 0 Å². The minimum atomic E-state index is -0.0145. The van der Waals surface area contributed by atoms with Gasteiger partial charge in [-0.05, 0) is 50.0 Å². The van der Waals surface area contributed by atoms with Crippen molar-refractivity contribution >= 4 is 6.29 Å². The number of fused-ring (bicyclic) bond motifs is 2. The molecule has 1 heterocycles. The first kappa shape index (κ1) is 12.4. The maximum atomic E-state index is 11.1. The van der Waals surface area contributed by atoms with Gasteiger partial charge in [0.2, 0.25) is 0 Å². The van der Waals surface area contributed by atoms with Gasteiger partial charge >= 0.3 is 0 Å². The van der Waals surface area contributed by atoms with Gasteiger partial charge < -0.3 is 9.84 Å². The number of epoxide rings is 1. The lowest BCUT2D eigenvalue weighted by atomic mass is 9.93. The summed E-state index contributed by atoms with van der Waals surface area (Å²) in [7, 11) is 0. The molecule has 2 fully saturated rings. The molecule has 0 amide bonds. The van der Waals surface area contributed by atoms with Gasteiger partial charge in [0, 0.05) is 12.0 Å². The lowest BCUT2D eigenvalue weighted by molar-refractivity contribution is -0.105. The second-order valence-corrected chi connectivity index (χ2v) is 6.65. The summed E-state index contributed by atoms with van der Waals surface area (Å²) < 4.78 is 5.79. The largest absolute Gasteiger partial charge is 0.396 e. The van der Waals surface area contributed by atoms with Gasteiger partial charge in [-0.25, -0.2) is 0 Å². The number of aldehydes is 1. The molecule has 3 nitrogen and oxygen atoms in total. The van der Waals surface area contributed by atoms with E-state index < -0.39 is 0 Å². The third-order valence-corrected chi connectivity index (χ3v) is 5.50. The zero-order chi connectivity index (χ0) is 13.0. The van der Waals surface area contributed by atoms with Crippen LogP contribution in [0, 0.1) is 17.3 Å². The maximum Gasteiger partial charge on any atom is 0.145 e. The monoisotopic (exact) mass is 250 g/mol. The number of carbonyl (C=O) groups excluding carboxylic acids is 1. The molecule has 3 heteroatoms. The zero-order valence-electron chi connectivity index (χ0n) is 11.2. The molecule has 1 aliphatic heterocycles. The quantitative estimate of drug-likeness (QED) is 0.603. The highest BCUT2D eigenvalue weighted by Crippen LogP contribution is 2.63. The smallest absolute Gasteiger partial charge is 0.145 e.